The van der Waals surface area contributed by atoms with Crippen LogP contribution in [-0.4, -0.2) is 48.6 Å². The number of amides is 2. The Morgan fingerprint density at radius 2 is 1.88 bits per heavy atom. The third-order valence-corrected chi connectivity index (χ3v) is 5.01. The zero-order valence-electron chi connectivity index (χ0n) is 14.6. The lowest BCUT2D eigenvalue weighted by molar-refractivity contribution is -0.142. The number of nitrogens with zero attached hydrogens (tertiary/aromatic N) is 1. The molecule has 0 bridgehead atoms. The molecule has 1 aromatic rings. The molecule has 5 nitrogen and oxygen atoms in total. The average molecular weight is 348 g/mol. The van der Waals surface area contributed by atoms with Crippen LogP contribution in [0.15, 0.2) is 24.3 Å². The number of likely N-dealkylation sites (tertiary alicyclic amines) is 1. The fraction of sp³-hybridized carbons (Fsp3) is 0.579. The van der Waals surface area contributed by atoms with Crippen LogP contribution in [0.2, 0.25) is 0 Å². The third-order valence-electron chi connectivity index (χ3n) is 5.01. The SMILES string of the molecule is COc1ccc(CCC(=O)N2CCC(F)(C(=O)NC3CC3)CC2)cc1. The highest BCUT2D eigenvalue weighted by molar-refractivity contribution is 5.86. The number of piperidine rings is 1. The molecule has 2 fully saturated rings. The van der Waals surface area contributed by atoms with Crippen molar-refractivity contribution in [3.63, 3.8) is 0 Å². The second-order valence-corrected chi connectivity index (χ2v) is 6.94. The fourth-order valence-corrected chi connectivity index (χ4v) is 3.08. The largest absolute Gasteiger partial charge is 0.497 e. The van der Waals surface area contributed by atoms with Gasteiger partial charge in [-0.05, 0) is 37.0 Å². The van der Waals surface area contributed by atoms with Crippen LogP contribution in [0.5, 0.6) is 5.75 Å². The van der Waals surface area contributed by atoms with Crippen LogP contribution in [0, 0.1) is 0 Å². The van der Waals surface area contributed by atoms with Gasteiger partial charge in [-0.1, -0.05) is 12.1 Å². The monoisotopic (exact) mass is 348 g/mol. The number of benzene rings is 1. The van der Waals surface area contributed by atoms with Crippen molar-refractivity contribution in [1.82, 2.24) is 10.2 Å². The molecule has 3 rings (SSSR count). The number of carbonyl (C=O) groups excluding carboxylic acids is 2. The van der Waals surface area contributed by atoms with Crippen LogP contribution >= 0.6 is 0 Å². The predicted molar refractivity (Wildman–Crippen MR) is 92.1 cm³/mol. The first kappa shape index (κ1) is 17.7. The van der Waals surface area contributed by atoms with Crippen molar-refractivity contribution in [2.45, 2.75) is 50.2 Å². The zero-order chi connectivity index (χ0) is 17.9. The number of halogens is 1. The van der Waals surface area contributed by atoms with Crippen LogP contribution in [0.4, 0.5) is 4.39 Å². The first-order valence-electron chi connectivity index (χ1n) is 8.91. The maximum Gasteiger partial charge on any atom is 0.258 e. The number of aryl methyl sites for hydroxylation is 1. The van der Waals surface area contributed by atoms with Gasteiger partial charge in [0.2, 0.25) is 5.91 Å². The molecular weight excluding hydrogens is 323 g/mol. The van der Waals surface area contributed by atoms with Crippen LogP contribution < -0.4 is 10.1 Å². The van der Waals surface area contributed by atoms with E-state index >= 15 is 0 Å². The van der Waals surface area contributed by atoms with Crippen molar-refractivity contribution in [3.05, 3.63) is 29.8 Å². The highest BCUT2D eigenvalue weighted by atomic mass is 19.1. The minimum atomic E-state index is -1.82. The molecule has 0 unspecified atom stereocenters. The van der Waals surface area contributed by atoms with Crippen molar-refractivity contribution in [3.8, 4) is 5.75 Å². The molecular formula is C19H25FN2O3. The Hall–Kier alpha value is -2.11. The van der Waals surface area contributed by atoms with Gasteiger partial charge in [0.15, 0.2) is 5.67 Å². The molecule has 25 heavy (non-hydrogen) atoms. The molecule has 1 heterocycles. The van der Waals surface area contributed by atoms with Gasteiger partial charge in [0, 0.05) is 38.4 Å². The molecule has 1 saturated heterocycles. The number of hydrogen-bond donors (Lipinski definition) is 1. The number of ether oxygens (including phenoxy) is 1. The van der Waals surface area contributed by atoms with Gasteiger partial charge in [0.05, 0.1) is 7.11 Å². The van der Waals surface area contributed by atoms with E-state index in [1.54, 1.807) is 12.0 Å². The van der Waals surface area contributed by atoms with Crippen molar-refractivity contribution in [1.29, 1.82) is 0 Å². The zero-order valence-corrected chi connectivity index (χ0v) is 14.6. The Morgan fingerprint density at radius 1 is 1.24 bits per heavy atom. The van der Waals surface area contributed by atoms with Crippen LogP contribution in [0.25, 0.3) is 0 Å². The van der Waals surface area contributed by atoms with Gasteiger partial charge < -0.3 is 15.0 Å². The summed E-state index contributed by atoms with van der Waals surface area (Å²) in [5.74, 6) is 0.302. The molecule has 0 radical (unpaired) electrons. The summed E-state index contributed by atoms with van der Waals surface area (Å²) in [4.78, 5) is 26.0. The number of methoxy groups -OCH3 is 1. The minimum absolute atomic E-state index is 0.0143. The van der Waals surface area contributed by atoms with E-state index in [1.165, 1.54) is 0 Å². The topological polar surface area (TPSA) is 58.6 Å². The van der Waals surface area contributed by atoms with Gasteiger partial charge in [-0.25, -0.2) is 4.39 Å². The molecule has 2 amide bonds. The van der Waals surface area contributed by atoms with Gasteiger partial charge in [-0.3, -0.25) is 9.59 Å². The van der Waals surface area contributed by atoms with Crippen LogP contribution in [0.3, 0.4) is 0 Å². The van der Waals surface area contributed by atoms with Crippen LogP contribution in [0.1, 0.15) is 37.7 Å². The van der Waals surface area contributed by atoms with Crippen molar-refractivity contribution < 1.29 is 18.7 Å². The highest BCUT2D eigenvalue weighted by Gasteiger charge is 2.44. The van der Waals surface area contributed by atoms with Gasteiger partial charge in [-0.15, -0.1) is 0 Å². The molecule has 0 aromatic heterocycles. The van der Waals surface area contributed by atoms with Gasteiger partial charge >= 0.3 is 0 Å². The molecule has 0 atom stereocenters. The molecule has 1 saturated carbocycles. The molecule has 2 aliphatic rings. The highest BCUT2D eigenvalue weighted by Crippen LogP contribution is 2.29. The van der Waals surface area contributed by atoms with Crippen molar-refractivity contribution in [2.24, 2.45) is 0 Å². The van der Waals surface area contributed by atoms with E-state index in [0.29, 0.717) is 25.9 Å². The summed E-state index contributed by atoms with van der Waals surface area (Å²) in [5.41, 5.74) is -0.759. The lowest BCUT2D eigenvalue weighted by Gasteiger charge is -2.35. The Kier molecular flexibility index (Phi) is 5.25. The fourth-order valence-electron chi connectivity index (χ4n) is 3.08. The van der Waals surface area contributed by atoms with Gasteiger partial charge in [-0.2, -0.15) is 0 Å². The van der Waals surface area contributed by atoms with Crippen molar-refractivity contribution in [2.75, 3.05) is 20.2 Å². The van der Waals surface area contributed by atoms with Gasteiger partial charge in [0.1, 0.15) is 5.75 Å². The first-order valence-corrected chi connectivity index (χ1v) is 8.91. The Labute approximate surface area is 147 Å². The maximum atomic E-state index is 14.8. The van der Waals surface area contributed by atoms with E-state index < -0.39 is 11.6 Å². The quantitative estimate of drug-likeness (QED) is 0.858. The Bertz CT molecular complexity index is 620. The lowest BCUT2D eigenvalue weighted by atomic mass is 9.92. The minimum Gasteiger partial charge on any atom is -0.497 e. The number of nitrogens with one attached hydrogen (secondary N) is 1. The lowest BCUT2D eigenvalue weighted by Crippen LogP contribution is -2.52. The summed E-state index contributed by atoms with van der Waals surface area (Å²) >= 11 is 0. The first-order chi connectivity index (χ1) is 12.0. The second-order valence-electron chi connectivity index (χ2n) is 6.94. The summed E-state index contributed by atoms with van der Waals surface area (Å²) in [6.45, 7) is 0.603. The van der Waals surface area contributed by atoms with E-state index in [2.05, 4.69) is 5.32 Å². The number of rotatable bonds is 6. The number of carbonyl (C=O) groups is 2. The van der Waals surface area contributed by atoms with E-state index in [0.717, 1.165) is 24.2 Å². The van der Waals surface area contributed by atoms with Crippen LogP contribution in [-0.2, 0) is 16.0 Å². The summed E-state index contributed by atoms with van der Waals surface area (Å²) in [6, 6.07) is 7.78. The smallest absolute Gasteiger partial charge is 0.258 e. The van der Waals surface area contributed by atoms with E-state index in [9.17, 15) is 14.0 Å². The summed E-state index contributed by atoms with van der Waals surface area (Å²) in [5, 5.41) is 2.74. The standard InChI is InChI=1S/C19H25FN2O3/c1-25-16-7-2-14(3-8-16)4-9-17(23)22-12-10-19(20,11-13-22)18(24)21-15-5-6-15/h2-3,7-8,15H,4-6,9-13H2,1H3,(H,21,24). The summed E-state index contributed by atoms with van der Waals surface area (Å²) in [7, 11) is 1.62. The van der Waals surface area contributed by atoms with E-state index in [4.69, 9.17) is 4.74 Å². The Balaban J connectivity index is 1.45. The van der Waals surface area contributed by atoms with Gasteiger partial charge in [0.25, 0.3) is 5.91 Å². The number of alkyl halides is 1. The average Bonchev–Trinajstić information content (AvgIpc) is 3.44. The molecule has 1 aliphatic carbocycles. The molecule has 136 valence electrons. The molecule has 1 aliphatic heterocycles. The summed E-state index contributed by atoms with van der Waals surface area (Å²) < 4.78 is 19.9. The van der Waals surface area contributed by atoms with Crippen molar-refractivity contribution >= 4 is 11.8 Å². The number of hydrogen-bond acceptors (Lipinski definition) is 3. The normalized spacial score (nSPS) is 19.4. The molecule has 1 N–H and O–H groups in total. The Morgan fingerprint density at radius 3 is 2.44 bits per heavy atom. The molecule has 6 heteroatoms. The maximum absolute atomic E-state index is 14.8. The second kappa shape index (κ2) is 7.42. The summed E-state index contributed by atoms with van der Waals surface area (Å²) in [6.07, 6.45) is 3.08. The molecule has 0 spiro atoms. The third kappa shape index (κ3) is 4.50. The van der Waals surface area contributed by atoms with E-state index in [1.807, 2.05) is 24.3 Å². The predicted octanol–water partition coefficient (Wildman–Crippen LogP) is 2.24. The van der Waals surface area contributed by atoms with E-state index in [-0.39, 0.29) is 24.8 Å². The molecule has 1 aromatic carbocycles.